The standard InChI is InChI=1S/C16H19NOS/c1-4-13-10-15(19-12(13)3)16(18)17-11(2)14-8-6-5-7-9-14/h5-11H,4H2,1-3H3,(H,17,18). The molecule has 19 heavy (non-hydrogen) atoms. The Morgan fingerprint density at radius 1 is 1.32 bits per heavy atom. The zero-order chi connectivity index (χ0) is 13.8. The van der Waals surface area contributed by atoms with Gasteiger partial charge in [-0.15, -0.1) is 11.3 Å². The minimum Gasteiger partial charge on any atom is -0.345 e. The predicted molar refractivity (Wildman–Crippen MR) is 80.8 cm³/mol. The molecule has 0 aliphatic heterocycles. The third-order valence-electron chi connectivity index (χ3n) is 3.27. The molecule has 0 fully saturated rings. The maximum atomic E-state index is 12.2. The Kier molecular flexibility index (Phi) is 4.38. The van der Waals surface area contributed by atoms with Gasteiger partial charge in [-0.25, -0.2) is 0 Å². The van der Waals surface area contributed by atoms with Crippen LogP contribution in [0.15, 0.2) is 36.4 Å². The highest BCUT2D eigenvalue weighted by molar-refractivity contribution is 7.14. The number of amides is 1. The minimum atomic E-state index is 0.0177. The molecule has 1 heterocycles. The number of carbonyl (C=O) groups excluding carboxylic acids is 1. The fourth-order valence-electron chi connectivity index (χ4n) is 2.08. The van der Waals surface area contributed by atoms with E-state index in [9.17, 15) is 4.79 Å². The van der Waals surface area contributed by atoms with Crippen LogP contribution in [-0.2, 0) is 6.42 Å². The third-order valence-corrected chi connectivity index (χ3v) is 4.36. The first-order valence-electron chi connectivity index (χ1n) is 6.57. The van der Waals surface area contributed by atoms with Gasteiger partial charge in [0, 0.05) is 4.88 Å². The van der Waals surface area contributed by atoms with Crippen molar-refractivity contribution in [3.05, 3.63) is 57.3 Å². The lowest BCUT2D eigenvalue weighted by Gasteiger charge is -2.13. The number of hydrogen-bond donors (Lipinski definition) is 1. The molecule has 0 spiro atoms. The minimum absolute atomic E-state index is 0.0177. The summed E-state index contributed by atoms with van der Waals surface area (Å²) in [5.74, 6) is 0.0177. The molecular formula is C16H19NOS. The van der Waals surface area contributed by atoms with Crippen LogP contribution < -0.4 is 5.32 Å². The molecule has 1 atom stereocenters. The molecule has 0 saturated heterocycles. The van der Waals surface area contributed by atoms with Crippen molar-refractivity contribution < 1.29 is 4.79 Å². The Morgan fingerprint density at radius 3 is 2.58 bits per heavy atom. The first-order chi connectivity index (χ1) is 9.11. The SMILES string of the molecule is CCc1cc(C(=O)NC(C)c2ccccc2)sc1C. The molecule has 2 nitrogen and oxygen atoms in total. The van der Waals surface area contributed by atoms with Crippen LogP contribution in [0.4, 0.5) is 0 Å². The number of thiophene rings is 1. The Balaban J connectivity index is 2.08. The molecule has 100 valence electrons. The van der Waals surface area contributed by atoms with Gasteiger partial charge in [0.25, 0.3) is 5.91 Å². The summed E-state index contributed by atoms with van der Waals surface area (Å²) in [4.78, 5) is 14.2. The Labute approximate surface area is 118 Å². The van der Waals surface area contributed by atoms with Crippen molar-refractivity contribution in [2.24, 2.45) is 0 Å². The van der Waals surface area contributed by atoms with Crippen LogP contribution in [0.25, 0.3) is 0 Å². The first kappa shape index (κ1) is 13.8. The number of aryl methyl sites for hydroxylation is 2. The van der Waals surface area contributed by atoms with Gasteiger partial charge in [-0.2, -0.15) is 0 Å². The summed E-state index contributed by atoms with van der Waals surface area (Å²) in [5, 5.41) is 3.05. The second-order valence-electron chi connectivity index (χ2n) is 4.65. The van der Waals surface area contributed by atoms with Crippen LogP contribution in [0.3, 0.4) is 0 Å². The van der Waals surface area contributed by atoms with Crippen molar-refractivity contribution in [2.75, 3.05) is 0 Å². The number of benzene rings is 1. The summed E-state index contributed by atoms with van der Waals surface area (Å²) in [7, 11) is 0. The highest BCUT2D eigenvalue weighted by atomic mass is 32.1. The van der Waals surface area contributed by atoms with E-state index in [2.05, 4.69) is 19.2 Å². The van der Waals surface area contributed by atoms with E-state index in [1.807, 2.05) is 43.3 Å². The molecule has 0 bridgehead atoms. The fraction of sp³-hybridized carbons (Fsp3) is 0.312. The molecule has 2 rings (SSSR count). The quantitative estimate of drug-likeness (QED) is 0.892. The van der Waals surface area contributed by atoms with Gasteiger partial charge >= 0.3 is 0 Å². The van der Waals surface area contributed by atoms with Gasteiger partial charge in [0.2, 0.25) is 0 Å². The van der Waals surface area contributed by atoms with E-state index in [0.717, 1.165) is 16.9 Å². The monoisotopic (exact) mass is 273 g/mol. The van der Waals surface area contributed by atoms with Crippen molar-refractivity contribution in [3.8, 4) is 0 Å². The van der Waals surface area contributed by atoms with Gasteiger partial charge < -0.3 is 5.32 Å². The maximum absolute atomic E-state index is 12.2. The average Bonchev–Trinajstić information content (AvgIpc) is 2.81. The molecular weight excluding hydrogens is 254 g/mol. The van der Waals surface area contributed by atoms with E-state index in [1.54, 1.807) is 11.3 Å². The highest BCUT2D eigenvalue weighted by Crippen LogP contribution is 2.23. The van der Waals surface area contributed by atoms with Crippen molar-refractivity contribution >= 4 is 17.2 Å². The van der Waals surface area contributed by atoms with Crippen molar-refractivity contribution in [1.82, 2.24) is 5.32 Å². The van der Waals surface area contributed by atoms with Gasteiger partial charge in [0.05, 0.1) is 10.9 Å². The molecule has 1 unspecified atom stereocenters. The largest absolute Gasteiger partial charge is 0.345 e. The Morgan fingerprint density at radius 2 is 2.00 bits per heavy atom. The summed E-state index contributed by atoms with van der Waals surface area (Å²) in [5.41, 5.74) is 2.39. The van der Waals surface area contributed by atoms with E-state index < -0.39 is 0 Å². The van der Waals surface area contributed by atoms with Gasteiger partial charge in [-0.1, -0.05) is 37.3 Å². The van der Waals surface area contributed by atoms with E-state index in [-0.39, 0.29) is 11.9 Å². The van der Waals surface area contributed by atoms with Gasteiger partial charge in [-0.3, -0.25) is 4.79 Å². The summed E-state index contributed by atoms with van der Waals surface area (Å²) < 4.78 is 0. The molecule has 0 aliphatic carbocycles. The molecule has 1 N–H and O–H groups in total. The zero-order valence-corrected chi connectivity index (χ0v) is 12.4. The van der Waals surface area contributed by atoms with E-state index >= 15 is 0 Å². The smallest absolute Gasteiger partial charge is 0.261 e. The summed E-state index contributed by atoms with van der Waals surface area (Å²) in [6.07, 6.45) is 0.976. The maximum Gasteiger partial charge on any atom is 0.261 e. The summed E-state index contributed by atoms with van der Waals surface area (Å²) in [6, 6.07) is 12.1. The second kappa shape index (κ2) is 6.02. The Bertz CT molecular complexity index is 559. The van der Waals surface area contributed by atoms with Crippen LogP contribution in [0, 0.1) is 6.92 Å². The lowest BCUT2D eigenvalue weighted by atomic mass is 10.1. The molecule has 3 heteroatoms. The van der Waals surface area contributed by atoms with E-state index in [0.29, 0.717) is 0 Å². The van der Waals surface area contributed by atoms with E-state index in [1.165, 1.54) is 10.4 Å². The lowest BCUT2D eigenvalue weighted by molar-refractivity contribution is 0.0944. The zero-order valence-electron chi connectivity index (χ0n) is 11.6. The average molecular weight is 273 g/mol. The molecule has 1 aromatic carbocycles. The topological polar surface area (TPSA) is 29.1 Å². The molecule has 0 aliphatic rings. The van der Waals surface area contributed by atoms with Crippen molar-refractivity contribution in [3.63, 3.8) is 0 Å². The van der Waals surface area contributed by atoms with Crippen LogP contribution in [0.5, 0.6) is 0 Å². The highest BCUT2D eigenvalue weighted by Gasteiger charge is 2.14. The number of carbonyl (C=O) groups is 1. The van der Waals surface area contributed by atoms with Crippen LogP contribution >= 0.6 is 11.3 Å². The third kappa shape index (κ3) is 3.24. The van der Waals surface area contributed by atoms with E-state index in [4.69, 9.17) is 0 Å². The number of nitrogens with one attached hydrogen (secondary N) is 1. The summed E-state index contributed by atoms with van der Waals surface area (Å²) >= 11 is 1.57. The van der Waals surface area contributed by atoms with Gasteiger partial charge in [0.15, 0.2) is 0 Å². The van der Waals surface area contributed by atoms with Crippen LogP contribution in [0.2, 0.25) is 0 Å². The predicted octanol–water partition coefficient (Wildman–Crippen LogP) is 4.11. The van der Waals surface area contributed by atoms with Crippen LogP contribution in [0.1, 0.15) is 45.6 Å². The Hall–Kier alpha value is -1.61. The molecule has 1 amide bonds. The van der Waals surface area contributed by atoms with Gasteiger partial charge in [-0.05, 0) is 37.5 Å². The lowest BCUT2D eigenvalue weighted by Crippen LogP contribution is -2.25. The van der Waals surface area contributed by atoms with Crippen molar-refractivity contribution in [1.29, 1.82) is 0 Å². The number of rotatable bonds is 4. The van der Waals surface area contributed by atoms with Crippen molar-refractivity contribution in [2.45, 2.75) is 33.2 Å². The van der Waals surface area contributed by atoms with Crippen LogP contribution in [-0.4, -0.2) is 5.91 Å². The number of hydrogen-bond acceptors (Lipinski definition) is 2. The van der Waals surface area contributed by atoms with Gasteiger partial charge in [0.1, 0.15) is 0 Å². The molecule has 0 saturated carbocycles. The molecule has 2 aromatic rings. The fourth-order valence-corrected chi connectivity index (χ4v) is 3.09. The normalized spacial score (nSPS) is 12.2. The molecule has 0 radical (unpaired) electrons. The second-order valence-corrected chi connectivity index (χ2v) is 5.91. The first-order valence-corrected chi connectivity index (χ1v) is 7.38. The summed E-state index contributed by atoms with van der Waals surface area (Å²) in [6.45, 7) is 6.19. The molecule has 1 aromatic heterocycles.